The number of aryl methyl sites for hydroxylation is 1. The van der Waals surface area contributed by atoms with E-state index >= 15 is 0 Å². The molecule has 0 atom stereocenters. The summed E-state index contributed by atoms with van der Waals surface area (Å²) < 4.78 is 6.72. The molecule has 3 aromatic rings. The van der Waals surface area contributed by atoms with Gasteiger partial charge < -0.3 is 9.64 Å². The summed E-state index contributed by atoms with van der Waals surface area (Å²) in [6.07, 6.45) is 2.33. The van der Waals surface area contributed by atoms with Crippen LogP contribution in [-0.2, 0) is 11.3 Å². The van der Waals surface area contributed by atoms with Crippen molar-refractivity contribution in [1.29, 1.82) is 0 Å². The van der Waals surface area contributed by atoms with Crippen molar-refractivity contribution in [1.82, 2.24) is 15.2 Å². The fourth-order valence-corrected chi connectivity index (χ4v) is 3.58. The van der Waals surface area contributed by atoms with Crippen LogP contribution >= 0.6 is 0 Å². The second kappa shape index (κ2) is 9.53. The summed E-state index contributed by atoms with van der Waals surface area (Å²) in [6, 6.07) is 15.0. The molecule has 8 heteroatoms. The fourth-order valence-electron chi connectivity index (χ4n) is 3.58. The molecule has 2 heterocycles. The van der Waals surface area contributed by atoms with Gasteiger partial charge in [0.2, 0.25) is 0 Å². The smallest absolute Gasteiger partial charge is 0.292 e. The van der Waals surface area contributed by atoms with Crippen molar-refractivity contribution in [3.63, 3.8) is 0 Å². The minimum absolute atomic E-state index is 0.184. The summed E-state index contributed by atoms with van der Waals surface area (Å²) in [5.74, 6) is -0.456. The molecule has 31 heavy (non-hydrogen) atoms. The minimum Gasteiger partial charge on any atom is -0.378 e. The number of aromatic nitrogens is 2. The number of nitrogens with one attached hydrogen (secondary N) is 1. The average molecular weight is 419 g/mol. The highest BCUT2D eigenvalue weighted by Gasteiger charge is 2.16. The molecule has 1 aromatic heterocycles. The first-order valence-corrected chi connectivity index (χ1v) is 10.4. The summed E-state index contributed by atoms with van der Waals surface area (Å²) >= 11 is 0. The van der Waals surface area contributed by atoms with Crippen molar-refractivity contribution in [2.24, 2.45) is 5.10 Å². The Morgan fingerprint density at radius 2 is 1.84 bits per heavy atom. The largest absolute Gasteiger partial charge is 0.378 e. The molecule has 4 rings (SSSR count). The van der Waals surface area contributed by atoms with E-state index in [1.165, 1.54) is 4.68 Å². The molecule has 8 nitrogen and oxygen atoms in total. The molecule has 1 aliphatic heterocycles. The zero-order valence-electron chi connectivity index (χ0n) is 17.5. The predicted molar refractivity (Wildman–Crippen MR) is 121 cm³/mol. The first-order valence-electron chi connectivity index (χ1n) is 10.4. The molecule has 0 saturated carbocycles. The van der Waals surface area contributed by atoms with E-state index in [0.717, 1.165) is 44.0 Å². The molecule has 1 N–H and O–H groups in total. The van der Waals surface area contributed by atoms with E-state index in [1.54, 1.807) is 30.5 Å². The van der Waals surface area contributed by atoms with E-state index in [1.807, 2.05) is 31.2 Å². The standard InChI is InChI=1S/C23H25N5O3/c1-2-11-28-23(30)20-6-4-3-5-19(20)21(26-28)22(29)25-24-16-17-7-9-18(10-8-17)27-12-14-31-15-13-27/h3-10,16H,2,11-15H2,1H3,(H,25,29)/b24-16-. The third kappa shape index (κ3) is 4.64. The maximum Gasteiger partial charge on any atom is 0.292 e. The average Bonchev–Trinajstić information content (AvgIpc) is 2.82. The number of anilines is 1. The van der Waals surface area contributed by atoms with Crippen LogP contribution in [0.3, 0.4) is 0 Å². The maximum atomic E-state index is 12.8. The summed E-state index contributed by atoms with van der Waals surface area (Å²) in [7, 11) is 0. The summed E-state index contributed by atoms with van der Waals surface area (Å²) in [5, 5.41) is 9.35. The molecule has 0 aliphatic carbocycles. The van der Waals surface area contributed by atoms with Gasteiger partial charge in [0.05, 0.1) is 24.8 Å². The van der Waals surface area contributed by atoms with Crippen LogP contribution in [0.2, 0.25) is 0 Å². The monoisotopic (exact) mass is 419 g/mol. The summed E-state index contributed by atoms with van der Waals surface area (Å²) in [6.45, 7) is 5.64. The van der Waals surface area contributed by atoms with Crippen molar-refractivity contribution in [3.8, 4) is 0 Å². The van der Waals surface area contributed by atoms with Crippen molar-refractivity contribution >= 4 is 28.6 Å². The number of carbonyl (C=O) groups is 1. The lowest BCUT2D eigenvalue weighted by Gasteiger charge is -2.28. The Morgan fingerprint density at radius 3 is 2.55 bits per heavy atom. The fraction of sp³-hybridized carbons (Fsp3) is 0.304. The molecule has 2 aromatic carbocycles. The minimum atomic E-state index is -0.456. The van der Waals surface area contributed by atoms with Gasteiger partial charge in [0, 0.05) is 30.7 Å². The normalized spacial score (nSPS) is 14.3. The van der Waals surface area contributed by atoms with E-state index in [9.17, 15) is 9.59 Å². The summed E-state index contributed by atoms with van der Waals surface area (Å²) in [5.41, 5.74) is 4.52. The highest BCUT2D eigenvalue weighted by atomic mass is 16.5. The van der Waals surface area contributed by atoms with Gasteiger partial charge in [-0.1, -0.05) is 37.3 Å². The van der Waals surface area contributed by atoms with E-state index in [4.69, 9.17) is 4.74 Å². The highest BCUT2D eigenvalue weighted by Crippen LogP contribution is 2.16. The van der Waals surface area contributed by atoms with Gasteiger partial charge in [-0.2, -0.15) is 10.2 Å². The first-order chi connectivity index (χ1) is 15.2. The van der Waals surface area contributed by atoms with E-state index in [2.05, 4.69) is 20.5 Å². The Bertz CT molecular complexity index is 1150. The second-order valence-electron chi connectivity index (χ2n) is 7.31. The van der Waals surface area contributed by atoms with Gasteiger partial charge in [-0.3, -0.25) is 9.59 Å². The zero-order chi connectivity index (χ0) is 21.6. The van der Waals surface area contributed by atoms with Crippen LogP contribution in [0.5, 0.6) is 0 Å². The molecule has 1 saturated heterocycles. The Kier molecular flexibility index (Phi) is 6.37. The molecule has 0 bridgehead atoms. The Hall–Kier alpha value is -3.52. The van der Waals surface area contributed by atoms with Crippen molar-refractivity contribution in [2.45, 2.75) is 19.9 Å². The van der Waals surface area contributed by atoms with Crippen molar-refractivity contribution in [3.05, 3.63) is 70.1 Å². The van der Waals surface area contributed by atoms with Gasteiger partial charge in [0.15, 0.2) is 5.69 Å². The van der Waals surface area contributed by atoms with Gasteiger partial charge in [-0.15, -0.1) is 0 Å². The molecule has 0 spiro atoms. The molecule has 1 fully saturated rings. The number of amides is 1. The molecular weight excluding hydrogens is 394 g/mol. The Balaban J connectivity index is 1.49. The topological polar surface area (TPSA) is 88.8 Å². The molecule has 0 unspecified atom stereocenters. The number of hydrogen-bond donors (Lipinski definition) is 1. The number of nitrogens with zero attached hydrogens (tertiary/aromatic N) is 4. The molecule has 160 valence electrons. The third-order valence-electron chi connectivity index (χ3n) is 5.17. The summed E-state index contributed by atoms with van der Waals surface area (Å²) in [4.78, 5) is 27.6. The van der Waals surface area contributed by atoms with E-state index < -0.39 is 5.91 Å². The quantitative estimate of drug-likeness (QED) is 0.490. The Labute approximate surface area is 180 Å². The van der Waals surface area contributed by atoms with E-state index in [0.29, 0.717) is 17.3 Å². The van der Waals surface area contributed by atoms with Crippen LogP contribution in [0.4, 0.5) is 5.69 Å². The predicted octanol–water partition coefficient (Wildman–Crippen LogP) is 2.41. The van der Waals surface area contributed by atoms with Crippen LogP contribution < -0.4 is 15.9 Å². The number of rotatable bonds is 6. The van der Waals surface area contributed by atoms with Gasteiger partial charge in [0.25, 0.3) is 11.5 Å². The van der Waals surface area contributed by atoms with Crippen LogP contribution in [0.15, 0.2) is 58.4 Å². The lowest BCUT2D eigenvalue weighted by atomic mass is 10.1. The van der Waals surface area contributed by atoms with Gasteiger partial charge in [-0.25, -0.2) is 10.1 Å². The van der Waals surface area contributed by atoms with Crippen LogP contribution in [-0.4, -0.2) is 48.2 Å². The van der Waals surface area contributed by atoms with Crippen molar-refractivity contribution in [2.75, 3.05) is 31.2 Å². The lowest BCUT2D eigenvalue weighted by molar-refractivity contribution is 0.0949. The highest BCUT2D eigenvalue weighted by molar-refractivity contribution is 6.04. The van der Waals surface area contributed by atoms with Gasteiger partial charge >= 0.3 is 0 Å². The molecular formula is C23H25N5O3. The number of ether oxygens (including phenoxy) is 1. The number of hydrogen-bond acceptors (Lipinski definition) is 6. The third-order valence-corrected chi connectivity index (χ3v) is 5.17. The molecule has 1 amide bonds. The van der Waals surface area contributed by atoms with Crippen molar-refractivity contribution < 1.29 is 9.53 Å². The van der Waals surface area contributed by atoms with E-state index in [-0.39, 0.29) is 11.3 Å². The number of carbonyl (C=O) groups excluding carboxylic acids is 1. The first kappa shape index (κ1) is 20.7. The van der Waals surface area contributed by atoms with Crippen LogP contribution in [0.1, 0.15) is 29.4 Å². The second-order valence-corrected chi connectivity index (χ2v) is 7.31. The lowest BCUT2D eigenvalue weighted by Crippen LogP contribution is -2.36. The van der Waals surface area contributed by atoms with Gasteiger partial charge in [0.1, 0.15) is 0 Å². The number of hydrazone groups is 1. The van der Waals surface area contributed by atoms with Crippen LogP contribution in [0, 0.1) is 0 Å². The number of morpholine rings is 1. The maximum absolute atomic E-state index is 12.8. The van der Waals surface area contributed by atoms with Gasteiger partial charge in [-0.05, 0) is 30.2 Å². The Morgan fingerprint density at radius 1 is 1.13 bits per heavy atom. The molecule has 0 radical (unpaired) electrons. The number of benzene rings is 2. The SMILES string of the molecule is CCCn1nc(C(=O)N/N=C\c2ccc(N3CCOCC3)cc2)c2ccccc2c1=O. The molecule has 1 aliphatic rings. The van der Waals surface area contributed by atoms with Crippen LogP contribution in [0.25, 0.3) is 10.8 Å². The zero-order valence-corrected chi connectivity index (χ0v) is 17.5. The number of fused-ring (bicyclic) bond motifs is 1.